The Kier molecular flexibility index (Phi) is 5.20. The Morgan fingerprint density at radius 2 is 1.71 bits per heavy atom. The number of nitrogens with one attached hydrogen (secondary N) is 1. The zero-order valence-electron chi connectivity index (χ0n) is 12.7. The average molecular weight is 387 g/mol. The standard InChI is InChI=1S/C16H16Cl2N2O3S/c17-12-2-1-3-14(10-12)24(21,22)19-15-11-13(18)4-5-16(15)20-6-8-23-9-7-20/h1-5,10-11,19H,6-9H2. The van der Waals surface area contributed by atoms with Crippen molar-refractivity contribution in [1.29, 1.82) is 0 Å². The molecule has 0 aliphatic carbocycles. The van der Waals surface area contributed by atoms with Crippen molar-refractivity contribution in [3.63, 3.8) is 0 Å². The SMILES string of the molecule is O=S(=O)(Nc1cc(Cl)ccc1N1CCOCC1)c1cccc(Cl)c1. The zero-order valence-corrected chi connectivity index (χ0v) is 15.0. The van der Waals surface area contributed by atoms with Gasteiger partial charge in [0.05, 0.1) is 29.5 Å². The summed E-state index contributed by atoms with van der Waals surface area (Å²) in [7, 11) is -3.76. The maximum Gasteiger partial charge on any atom is 0.262 e. The molecule has 1 N–H and O–H groups in total. The molecule has 1 heterocycles. The van der Waals surface area contributed by atoms with E-state index in [9.17, 15) is 8.42 Å². The first kappa shape index (κ1) is 17.4. The summed E-state index contributed by atoms with van der Waals surface area (Å²) in [5.74, 6) is 0. The highest BCUT2D eigenvalue weighted by atomic mass is 35.5. The molecule has 128 valence electrons. The van der Waals surface area contributed by atoms with E-state index in [0.29, 0.717) is 42.0 Å². The highest BCUT2D eigenvalue weighted by Crippen LogP contribution is 2.32. The molecule has 0 atom stereocenters. The molecule has 3 rings (SSSR count). The van der Waals surface area contributed by atoms with Gasteiger partial charge in [-0.1, -0.05) is 29.3 Å². The molecule has 8 heteroatoms. The van der Waals surface area contributed by atoms with Gasteiger partial charge in [0.2, 0.25) is 0 Å². The number of halogens is 2. The second kappa shape index (κ2) is 7.19. The van der Waals surface area contributed by atoms with E-state index in [2.05, 4.69) is 9.62 Å². The van der Waals surface area contributed by atoms with Crippen LogP contribution in [0.1, 0.15) is 0 Å². The fraction of sp³-hybridized carbons (Fsp3) is 0.250. The Labute approximate surface area is 151 Å². The zero-order chi connectivity index (χ0) is 17.2. The third-order valence-corrected chi connectivity index (χ3v) is 5.49. The molecule has 1 fully saturated rings. The number of sulfonamides is 1. The van der Waals surface area contributed by atoms with E-state index >= 15 is 0 Å². The summed E-state index contributed by atoms with van der Waals surface area (Å²) in [6.07, 6.45) is 0. The molecule has 0 amide bonds. The first-order valence-electron chi connectivity index (χ1n) is 7.36. The first-order chi connectivity index (χ1) is 11.5. The van der Waals surface area contributed by atoms with Crippen molar-refractivity contribution in [1.82, 2.24) is 0 Å². The van der Waals surface area contributed by atoms with Crippen LogP contribution < -0.4 is 9.62 Å². The minimum Gasteiger partial charge on any atom is -0.378 e. The van der Waals surface area contributed by atoms with Crippen molar-refractivity contribution in [3.8, 4) is 0 Å². The summed E-state index contributed by atoms with van der Waals surface area (Å²) >= 11 is 12.0. The summed E-state index contributed by atoms with van der Waals surface area (Å²) in [5.41, 5.74) is 1.21. The van der Waals surface area contributed by atoms with Crippen LogP contribution in [0.15, 0.2) is 47.4 Å². The quantitative estimate of drug-likeness (QED) is 0.871. The van der Waals surface area contributed by atoms with E-state index < -0.39 is 10.0 Å². The lowest BCUT2D eigenvalue weighted by atomic mass is 10.2. The fourth-order valence-electron chi connectivity index (χ4n) is 2.51. The van der Waals surface area contributed by atoms with E-state index in [4.69, 9.17) is 27.9 Å². The van der Waals surface area contributed by atoms with Gasteiger partial charge in [0, 0.05) is 23.1 Å². The van der Waals surface area contributed by atoms with Gasteiger partial charge in [0.25, 0.3) is 10.0 Å². The second-order valence-corrected chi connectivity index (χ2v) is 7.88. The summed E-state index contributed by atoms with van der Waals surface area (Å²) in [5, 5.41) is 0.813. The molecule has 0 bridgehead atoms. The largest absolute Gasteiger partial charge is 0.378 e. The smallest absolute Gasteiger partial charge is 0.262 e. The number of benzene rings is 2. The number of hydrogen-bond acceptors (Lipinski definition) is 4. The fourth-order valence-corrected chi connectivity index (χ4v) is 4.05. The van der Waals surface area contributed by atoms with Gasteiger partial charge in [0.15, 0.2) is 0 Å². The predicted molar refractivity (Wildman–Crippen MR) is 96.7 cm³/mol. The van der Waals surface area contributed by atoms with E-state index in [-0.39, 0.29) is 4.90 Å². The van der Waals surface area contributed by atoms with Crippen LogP contribution in [0.25, 0.3) is 0 Å². The number of morpholine rings is 1. The van der Waals surface area contributed by atoms with Crippen LogP contribution >= 0.6 is 23.2 Å². The molecule has 0 spiro atoms. The number of anilines is 2. The topological polar surface area (TPSA) is 58.6 Å². The van der Waals surface area contributed by atoms with Crippen molar-refractivity contribution >= 4 is 44.6 Å². The maximum absolute atomic E-state index is 12.6. The van der Waals surface area contributed by atoms with Crippen molar-refractivity contribution in [3.05, 3.63) is 52.5 Å². The van der Waals surface area contributed by atoms with Crippen LogP contribution in [0, 0.1) is 0 Å². The highest BCUT2D eigenvalue weighted by Gasteiger charge is 2.20. The minimum absolute atomic E-state index is 0.0999. The van der Waals surface area contributed by atoms with Gasteiger partial charge in [-0.15, -0.1) is 0 Å². The predicted octanol–water partition coefficient (Wildman–Crippen LogP) is 3.63. The maximum atomic E-state index is 12.6. The monoisotopic (exact) mass is 386 g/mol. The molecule has 5 nitrogen and oxygen atoms in total. The van der Waals surface area contributed by atoms with Gasteiger partial charge < -0.3 is 9.64 Å². The van der Waals surface area contributed by atoms with Crippen LogP contribution in [0.2, 0.25) is 10.0 Å². The molecular formula is C16H16Cl2N2O3S. The Hall–Kier alpha value is -1.47. The van der Waals surface area contributed by atoms with E-state index in [0.717, 1.165) is 5.69 Å². The summed E-state index contributed by atoms with van der Waals surface area (Å²) in [6.45, 7) is 2.58. The molecule has 0 radical (unpaired) electrons. The lowest BCUT2D eigenvalue weighted by Gasteiger charge is -2.30. The molecule has 0 saturated carbocycles. The Morgan fingerprint density at radius 3 is 2.42 bits per heavy atom. The minimum atomic E-state index is -3.76. The summed E-state index contributed by atoms with van der Waals surface area (Å²) in [4.78, 5) is 2.17. The third kappa shape index (κ3) is 3.95. The number of rotatable bonds is 4. The van der Waals surface area contributed by atoms with E-state index in [1.54, 1.807) is 24.3 Å². The second-order valence-electron chi connectivity index (χ2n) is 5.32. The van der Waals surface area contributed by atoms with Crippen LogP contribution in [0.4, 0.5) is 11.4 Å². The van der Waals surface area contributed by atoms with Gasteiger partial charge in [-0.3, -0.25) is 4.72 Å². The van der Waals surface area contributed by atoms with E-state index in [1.807, 2.05) is 6.07 Å². The molecule has 24 heavy (non-hydrogen) atoms. The molecule has 2 aromatic rings. The van der Waals surface area contributed by atoms with Gasteiger partial charge >= 0.3 is 0 Å². The van der Waals surface area contributed by atoms with Crippen LogP contribution in [0.3, 0.4) is 0 Å². The average Bonchev–Trinajstić information content (AvgIpc) is 2.55. The van der Waals surface area contributed by atoms with Gasteiger partial charge in [-0.25, -0.2) is 8.42 Å². The first-order valence-corrected chi connectivity index (χ1v) is 9.60. The molecular weight excluding hydrogens is 371 g/mol. The normalized spacial score (nSPS) is 15.3. The number of ether oxygens (including phenoxy) is 1. The van der Waals surface area contributed by atoms with Crippen LogP contribution in [-0.2, 0) is 14.8 Å². The molecule has 2 aromatic carbocycles. The molecule has 0 unspecified atom stereocenters. The number of nitrogens with zero attached hydrogens (tertiary/aromatic N) is 1. The Bertz CT molecular complexity index is 837. The number of hydrogen-bond donors (Lipinski definition) is 1. The lowest BCUT2D eigenvalue weighted by Crippen LogP contribution is -2.36. The molecule has 1 aliphatic heterocycles. The molecule has 1 aliphatic rings. The highest BCUT2D eigenvalue weighted by molar-refractivity contribution is 7.92. The lowest BCUT2D eigenvalue weighted by molar-refractivity contribution is 0.123. The third-order valence-electron chi connectivity index (χ3n) is 3.66. The summed E-state index contributed by atoms with van der Waals surface area (Å²) in [6, 6.07) is 11.3. The van der Waals surface area contributed by atoms with E-state index in [1.165, 1.54) is 12.1 Å². The molecule has 1 saturated heterocycles. The Balaban J connectivity index is 1.95. The van der Waals surface area contributed by atoms with Crippen LogP contribution in [-0.4, -0.2) is 34.7 Å². The van der Waals surface area contributed by atoms with Gasteiger partial charge in [0.1, 0.15) is 0 Å². The van der Waals surface area contributed by atoms with Crippen molar-refractivity contribution in [2.45, 2.75) is 4.90 Å². The van der Waals surface area contributed by atoms with Crippen molar-refractivity contribution in [2.24, 2.45) is 0 Å². The van der Waals surface area contributed by atoms with Gasteiger partial charge in [-0.05, 0) is 36.4 Å². The summed E-state index contributed by atoms with van der Waals surface area (Å²) < 4.78 is 33.3. The molecule has 0 aromatic heterocycles. The van der Waals surface area contributed by atoms with Crippen molar-refractivity contribution < 1.29 is 13.2 Å². The van der Waals surface area contributed by atoms with Gasteiger partial charge in [-0.2, -0.15) is 0 Å². The van der Waals surface area contributed by atoms with Crippen molar-refractivity contribution in [2.75, 3.05) is 35.9 Å². The Morgan fingerprint density at radius 1 is 1.00 bits per heavy atom. The van der Waals surface area contributed by atoms with Crippen LogP contribution in [0.5, 0.6) is 0 Å².